The van der Waals surface area contributed by atoms with Crippen LogP contribution in [0.15, 0.2) is 0 Å². The van der Waals surface area contributed by atoms with E-state index in [2.05, 4.69) is 12.2 Å². The molecule has 0 aromatic rings. The number of carbonyl (C=O) groups excluding carboxylic acids is 1. The smallest absolute Gasteiger partial charge is 0.329 e. The predicted octanol–water partition coefficient (Wildman–Crippen LogP) is 1.51. The lowest BCUT2D eigenvalue weighted by Crippen LogP contribution is -2.60. The van der Waals surface area contributed by atoms with Crippen LogP contribution in [0.5, 0.6) is 0 Å². The van der Waals surface area contributed by atoms with E-state index >= 15 is 0 Å². The van der Waals surface area contributed by atoms with Gasteiger partial charge >= 0.3 is 5.97 Å². The number of nitrogens with one attached hydrogen (secondary N) is 1. The second kappa shape index (κ2) is 5.90. The van der Waals surface area contributed by atoms with Gasteiger partial charge in [0.05, 0.1) is 5.41 Å². The minimum Gasteiger partial charge on any atom is -0.480 e. The Labute approximate surface area is 114 Å². The van der Waals surface area contributed by atoms with Gasteiger partial charge in [0.2, 0.25) is 5.91 Å². The van der Waals surface area contributed by atoms with Crippen molar-refractivity contribution in [2.75, 3.05) is 6.54 Å². The van der Waals surface area contributed by atoms with Gasteiger partial charge in [-0.15, -0.1) is 0 Å². The van der Waals surface area contributed by atoms with Gasteiger partial charge in [-0.05, 0) is 44.9 Å². The topological polar surface area (TPSA) is 92.4 Å². The lowest BCUT2D eigenvalue weighted by molar-refractivity contribution is -0.151. The maximum Gasteiger partial charge on any atom is 0.329 e. The maximum atomic E-state index is 12.3. The van der Waals surface area contributed by atoms with Crippen LogP contribution in [0.3, 0.4) is 0 Å². The van der Waals surface area contributed by atoms with Gasteiger partial charge in [0.1, 0.15) is 5.54 Å². The molecule has 4 N–H and O–H groups in total. The monoisotopic (exact) mass is 270 g/mol. The number of carbonyl (C=O) groups is 2. The summed E-state index contributed by atoms with van der Waals surface area (Å²) in [4.78, 5) is 23.9. The van der Waals surface area contributed by atoms with Crippen LogP contribution in [0.2, 0.25) is 0 Å². The van der Waals surface area contributed by atoms with E-state index < -0.39 is 16.9 Å². The summed E-state index contributed by atoms with van der Waals surface area (Å²) in [6.07, 6.45) is 3.26. The number of nitrogens with two attached hydrogens (primary N) is 1. The fourth-order valence-electron chi connectivity index (χ4n) is 2.41. The molecule has 0 saturated heterocycles. The van der Waals surface area contributed by atoms with Gasteiger partial charge in [0.15, 0.2) is 0 Å². The molecule has 0 aromatic heterocycles. The number of hydrogen-bond donors (Lipinski definition) is 3. The molecule has 0 heterocycles. The Morgan fingerprint density at radius 2 is 1.95 bits per heavy atom. The molecule has 1 aliphatic carbocycles. The van der Waals surface area contributed by atoms with E-state index in [1.165, 1.54) is 0 Å². The fourth-order valence-corrected chi connectivity index (χ4v) is 2.41. The quantitative estimate of drug-likeness (QED) is 0.706. The van der Waals surface area contributed by atoms with Crippen LogP contribution < -0.4 is 11.1 Å². The molecule has 5 heteroatoms. The molecule has 1 unspecified atom stereocenters. The summed E-state index contributed by atoms with van der Waals surface area (Å²) in [6, 6.07) is 0. The Kier molecular flexibility index (Phi) is 4.96. The number of carboxylic acid groups (broad SMARTS) is 1. The molecular formula is C14H26N2O3. The summed E-state index contributed by atoms with van der Waals surface area (Å²) in [5.74, 6) is -0.644. The van der Waals surface area contributed by atoms with Gasteiger partial charge in [-0.1, -0.05) is 13.8 Å². The van der Waals surface area contributed by atoms with Crippen molar-refractivity contribution in [1.29, 1.82) is 0 Å². The third-order valence-corrected chi connectivity index (χ3v) is 4.67. The summed E-state index contributed by atoms with van der Waals surface area (Å²) in [5, 5.41) is 12.3. The molecule has 0 bridgehead atoms. The van der Waals surface area contributed by atoms with E-state index in [9.17, 15) is 14.7 Å². The first-order chi connectivity index (χ1) is 8.79. The van der Waals surface area contributed by atoms with Crippen molar-refractivity contribution >= 4 is 11.9 Å². The summed E-state index contributed by atoms with van der Waals surface area (Å²) in [7, 11) is 0. The first-order valence-electron chi connectivity index (χ1n) is 7.06. The number of hydrogen-bond acceptors (Lipinski definition) is 3. The van der Waals surface area contributed by atoms with Crippen molar-refractivity contribution in [3.05, 3.63) is 0 Å². The summed E-state index contributed by atoms with van der Waals surface area (Å²) >= 11 is 0. The average molecular weight is 270 g/mol. The normalized spacial score (nSPS) is 30.4. The van der Waals surface area contributed by atoms with Crippen LogP contribution in [0.4, 0.5) is 0 Å². The number of rotatable bonds is 5. The van der Waals surface area contributed by atoms with Crippen LogP contribution in [-0.4, -0.2) is 29.1 Å². The lowest BCUT2D eigenvalue weighted by Gasteiger charge is -2.39. The minimum absolute atomic E-state index is 0.224. The molecule has 110 valence electrons. The summed E-state index contributed by atoms with van der Waals surface area (Å²) < 4.78 is 0. The minimum atomic E-state index is -1.10. The van der Waals surface area contributed by atoms with Crippen molar-refractivity contribution in [3.63, 3.8) is 0 Å². The highest BCUT2D eigenvalue weighted by atomic mass is 16.4. The second-order valence-corrected chi connectivity index (χ2v) is 6.14. The molecule has 0 spiro atoms. The van der Waals surface area contributed by atoms with Crippen molar-refractivity contribution in [1.82, 2.24) is 5.32 Å². The SMILES string of the molecule is CCC(C)(CN)C(=O)NC1(C(=O)O)CCC(C)CC1. The van der Waals surface area contributed by atoms with Gasteiger partial charge < -0.3 is 16.2 Å². The highest BCUT2D eigenvalue weighted by molar-refractivity contribution is 5.90. The van der Waals surface area contributed by atoms with Gasteiger partial charge in [-0.25, -0.2) is 4.79 Å². The first kappa shape index (κ1) is 16.0. The third-order valence-electron chi connectivity index (χ3n) is 4.67. The Balaban J connectivity index is 2.86. The molecular weight excluding hydrogens is 244 g/mol. The second-order valence-electron chi connectivity index (χ2n) is 6.14. The molecule has 1 fully saturated rings. The van der Waals surface area contributed by atoms with E-state index in [0.717, 1.165) is 12.8 Å². The Morgan fingerprint density at radius 3 is 2.32 bits per heavy atom. The van der Waals surface area contributed by atoms with Crippen LogP contribution >= 0.6 is 0 Å². The molecule has 0 aliphatic heterocycles. The molecule has 1 saturated carbocycles. The van der Waals surface area contributed by atoms with Crippen LogP contribution in [-0.2, 0) is 9.59 Å². The number of amides is 1. The van der Waals surface area contributed by atoms with Crippen molar-refractivity contribution in [2.45, 2.75) is 58.4 Å². The fraction of sp³-hybridized carbons (Fsp3) is 0.857. The van der Waals surface area contributed by atoms with Crippen LogP contribution in [0.1, 0.15) is 52.9 Å². The molecule has 19 heavy (non-hydrogen) atoms. The van der Waals surface area contributed by atoms with Gasteiger partial charge in [-0.3, -0.25) is 4.79 Å². The molecule has 0 radical (unpaired) electrons. The molecule has 5 nitrogen and oxygen atoms in total. The van der Waals surface area contributed by atoms with E-state index in [0.29, 0.717) is 25.2 Å². The molecule has 1 amide bonds. The van der Waals surface area contributed by atoms with Crippen molar-refractivity contribution in [2.24, 2.45) is 17.1 Å². The highest BCUT2D eigenvalue weighted by Gasteiger charge is 2.45. The van der Waals surface area contributed by atoms with Crippen LogP contribution in [0.25, 0.3) is 0 Å². The summed E-state index contributed by atoms with van der Waals surface area (Å²) in [5.41, 5.74) is 3.87. The zero-order chi connectivity index (χ0) is 14.7. The number of carboxylic acids is 1. The van der Waals surface area contributed by atoms with Gasteiger partial charge in [-0.2, -0.15) is 0 Å². The predicted molar refractivity (Wildman–Crippen MR) is 73.6 cm³/mol. The van der Waals surface area contributed by atoms with E-state index in [-0.39, 0.29) is 12.5 Å². The molecule has 1 aliphatic rings. The molecule has 1 atom stereocenters. The van der Waals surface area contributed by atoms with Crippen LogP contribution in [0, 0.1) is 11.3 Å². The Hall–Kier alpha value is -1.10. The Morgan fingerprint density at radius 1 is 1.42 bits per heavy atom. The average Bonchev–Trinajstić information content (AvgIpc) is 2.40. The van der Waals surface area contributed by atoms with E-state index in [1.54, 1.807) is 6.92 Å². The largest absolute Gasteiger partial charge is 0.480 e. The third kappa shape index (κ3) is 3.26. The van der Waals surface area contributed by atoms with Gasteiger partial charge in [0.25, 0.3) is 0 Å². The zero-order valence-corrected chi connectivity index (χ0v) is 12.2. The summed E-state index contributed by atoms with van der Waals surface area (Å²) in [6.45, 7) is 6.01. The standard InChI is InChI=1S/C14H26N2O3/c1-4-13(3,9-15)11(17)16-14(12(18)19)7-5-10(2)6-8-14/h10H,4-9,15H2,1-3H3,(H,16,17)(H,18,19). The van der Waals surface area contributed by atoms with Crippen molar-refractivity contribution in [3.8, 4) is 0 Å². The zero-order valence-electron chi connectivity index (χ0n) is 12.2. The lowest BCUT2D eigenvalue weighted by atomic mass is 9.76. The molecule has 1 rings (SSSR count). The van der Waals surface area contributed by atoms with Crippen molar-refractivity contribution < 1.29 is 14.7 Å². The van der Waals surface area contributed by atoms with E-state index in [1.807, 2.05) is 6.92 Å². The maximum absolute atomic E-state index is 12.3. The molecule has 0 aromatic carbocycles. The highest BCUT2D eigenvalue weighted by Crippen LogP contribution is 2.33. The van der Waals surface area contributed by atoms with E-state index in [4.69, 9.17) is 5.73 Å². The Bertz CT molecular complexity index is 343. The first-order valence-corrected chi connectivity index (χ1v) is 7.06. The number of aliphatic carboxylic acids is 1. The van der Waals surface area contributed by atoms with Gasteiger partial charge in [0, 0.05) is 6.54 Å².